The molecule has 0 aliphatic rings. The molecule has 0 saturated heterocycles. The minimum atomic E-state index is -0.0967. The lowest BCUT2D eigenvalue weighted by Gasteiger charge is -2.10. The van der Waals surface area contributed by atoms with Crippen LogP contribution in [0.3, 0.4) is 0 Å². The van der Waals surface area contributed by atoms with Gasteiger partial charge in [-0.25, -0.2) is 0 Å². The first kappa shape index (κ1) is 21.1. The Morgan fingerprint density at radius 2 is 2.00 bits per heavy atom. The van der Waals surface area contributed by atoms with E-state index in [-0.39, 0.29) is 11.7 Å². The first-order chi connectivity index (χ1) is 14.0. The highest BCUT2D eigenvalue weighted by molar-refractivity contribution is 9.10. The van der Waals surface area contributed by atoms with E-state index in [0.29, 0.717) is 18.2 Å². The highest BCUT2D eigenvalue weighted by atomic mass is 79.9. The molecule has 0 bridgehead atoms. The maximum atomic E-state index is 12.3. The molecule has 1 amide bonds. The van der Waals surface area contributed by atoms with Gasteiger partial charge in [0.1, 0.15) is 0 Å². The second-order valence-corrected chi connectivity index (χ2v) is 8.22. The molecule has 2 aromatic carbocycles. The number of aryl methyl sites for hydroxylation is 1. The van der Waals surface area contributed by atoms with E-state index in [2.05, 4.69) is 62.4 Å². The van der Waals surface area contributed by atoms with E-state index in [4.69, 9.17) is 0 Å². The van der Waals surface area contributed by atoms with Crippen LogP contribution in [0, 0.1) is 6.92 Å². The summed E-state index contributed by atoms with van der Waals surface area (Å²) in [5.74, 6) is 0.939. The van der Waals surface area contributed by atoms with E-state index in [1.54, 1.807) is 6.08 Å². The standard InChI is InChI=1S/C21H22BrN5OS/c1-3-11-27-19(13-23-17-9-7-15(2)8-10-17)25-26-21(27)29-14-20(28)24-18-6-4-5-16(22)12-18/h3-10,12,23H,1,11,13-14H2,2H3,(H,24,28). The van der Waals surface area contributed by atoms with Crippen LogP contribution in [-0.4, -0.2) is 26.4 Å². The van der Waals surface area contributed by atoms with Crippen LogP contribution >= 0.6 is 27.7 Å². The van der Waals surface area contributed by atoms with Crippen molar-refractivity contribution in [2.75, 3.05) is 16.4 Å². The number of thioether (sulfide) groups is 1. The molecule has 6 nitrogen and oxygen atoms in total. The van der Waals surface area contributed by atoms with Gasteiger partial charge in [-0.15, -0.1) is 16.8 Å². The highest BCUT2D eigenvalue weighted by Gasteiger charge is 2.13. The second-order valence-electron chi connectivity index (χ2n) is 6.36. The van der Waals surface area contributed by atoms with E-state index >= 15 is 0 Å². The number of halogens is 1. The fourth-order valence-corrected chi connectivity index (χ4v) is 3.78. The van der Waals surface area contributed by atoms with Crippen molar-refractivity contribution in [3.63, 3.8) is 0 Å². The van der Waals surface area contributed by atoms with Gasteiger partial charge in [-0.3, -0.25) is 4.79 Å². The largest absolute Gasteiger partial charge is 0.378 e. The zero-order valence-corrected chi connectivity index (χ0v) is 18.5. The second kappa shape index (κ2) is 10.3. The maximum absolute atomic E-state index is 12.3. The van der Waals surface area contributed by atoms with Crippen molar-refractivity contribution in [2.45, 2.75) is 25.2 Å². The molecule has 1 aromatic heterocycles. The van der Waals surface area contributed by atoms with Crippen LogP contribution in [0.25, 0.3) is 0 Å². The van der Waals surface area contributed by atoms with E-state index in [0.717, 1.165) is 21.7 Å². The molecule has 1 heterocycles. The number of hydrogen-bond donors (Lipinski definition) is 2. The summed E-state index contributed by atoms with van der Waals surface area (Å²) in [5, 5.41) is 15.5. The minimum Gasteiger partial charge on any atom is -0.378 e. The number of carbonyl (C=O) groups excluding carboxylic acids is 1. The molecule has 150 valence electrons. The van der Waals surface area contributed by atoms with Crippen molar-refractivity contribution in [1.82, 2.24) is 14.8 Å². The van der Waals surface area contributed by atoms with Gasteiger partial charge in [0.2, 0.25) is 5.91 Å². The van der Waals surface area contributed by atoms with Gasteiger partial charge in [-0.05, 0) is 37.3 Å². The molecule has 0 atom stereocenters. The Labute approximate surface area is 182 Å². The zero-order chi connectivity index (χ0) is 20.6. The molecular weight excluding hydrogens is 450 g/mol. The van der Waals surface area contributed by atoms with Gasteiger partial charge >= 0.3 is 0 Å². The summed E-state index contributed by atoms with van der Waals surface area (Å²) in [4.78, 5) is 12.3. The summed E-state index contributed by atoms with van der Waals surface area (Å²) >= 11 is 4.75. The van der Waals surface area contributed by atoms with Crippen LogP contribution in [0.1, 0.15) is 11.4 Å². The quantitative estimate of drug-likeness (QED) is 0.343. The molecule has 3 rings (SSSR count). The number of aromatic nitrogens is 3. The number of nitrogens with zero attached hydrogens (tertiary/aromatic N) is 3. The van der Waals surface area contributed by atoms with Crippen LogP contribution in [0.15, 0.2) is 70.8 Å². The smallest absolute Gasteiger partial charge is 0.234 e. The molecule has 0 saturated carbocycles. The number of allylic oxidation sites excluding steroid dienone is 1. The third-order valence-electron chi connectivity index (χ3n) is 4.05. The first-order valence-corrected chi connectivity index (χ1v) is 10.8. The molecule has 0 radical (unpaired) electrons. The molecule has 2 N–H and O–H groups in total. The van der Waals surface area contributed by atoms with Crippen molar-refractivity contribution in [2.24, 2.45) is 0 Å². The summed E-state index contributed by atoms with van der Waals surface area (Å²) in [5.41, 5.74) is 2.98. The van der Waals surface area contributed by atoms with E-state index in [9.17, 15) is 4.79 Å². The van der Waals surface area contributed by atoms with Gasteiger partial charge in [-0.1, -0.05) is 57.5 Å². The highest BCUT2D eigenvalue weighted by Crippen LogP contribution is 2.20. The van der Waals surface area contributed by atoms with Crippen molar-refractivity contribution >= 4 is 45.0 Å². The maximum Gasteiger partial charge on any atom is 0.234 e. The first-order valence-electron chi connectivity index (χ1n) is 9.07. The third kappa shape index (κ3) is 6.20. The Hall–Kier alpha value is -2.58. The average molecular weight is 472 g/mol. The van der Waals surface area contributed by atoms with E-state index in [1.165, 1.54) is 17.3 Å². The fraction of sp³-hybridized carbons (Fsp3) is 0.190. The molecule has 3 aromatic rings. The van der Waals surface area contributed by atoms with Crippen LogP contribution < -0.4 is 10.6 Å². The summed E-state index contributed by atoms with van der Waals surface area (Å²) < 4.78 is 2.88. The Kier molecular flexibility index (Phi) is 7.48. The average Bonchev–Trinajstić information content (AvgIpc) is 3.08. The van der Waals surface area contributed by atoms with Gasteiger partial charge in [0, 0.05) is 22.4 Å². The molecule has 29 heavy (non-hydrogen) atoms. The summed E-state index contributed by atoms with van der Waals surface area (Å²) in [6.45, 7) is 6.98. The van der Waals surface area contributed by atoms with Crippen LogP contribution in [0.2, 0.25) is 0 Å². The number of rotatable bonds is 9. The molecule has 0 aliphatic heterocycles. The normalized spacial score (nSPS) is 10.6. The molecule has 0 unspecified atom stereocenters. The number of nitrogens with one attached hydrogen (secondary N) is 2. The van der Waals surface area contributed by atoms with Gasteiger partial charge in [0.15, 0.2) is 11.0 Å². The minimum absolute atomic E-state index is 0.0967. The van der Waals surface area contributed by atoms with E-state index in [1.807, 2.05) is 41.0 Å². The number of carbonyl (C=O) groups is 1. The van der Waals surface area contributed by atoms with Crippen LogP contribution in [-0.2, 0) is 17.9 Å². The molecule has 8 heteroatoms. The molecule has 0 fully saturated rings. The third-order valence-corrected chi connectivity index (χ3v) is 5.51. The molecule has 0 aliphatic carbocycles. The summed E-state index contributed by atoms with van der Waals surface area (Å²) in [6.07, 6.45) is 1.80. The Morgan fingerprint density at radius 1 is 1.21 bits per heavy atom. The van der Waals surface area contributed by atoms with Gasteiger partial charge < -0.3 is 15.2 Å². The van der Waals surface area contributed by atoms with Gasteiger partial charge in [0.05, 0.1) is 12.3 Å². The number of benzene rings is 2. The Bertz CT molecular complexity index is 987. The van der Waals surface area contributed by atoms with Gasteiger partial charge in [0.25, 0.3) is 0 Å². The summed E-state index contributed by atoms with van der Waals surface area (Å²) in [6, 6.07) is 15.7. The van der Waals surface area contributed by atoms with Crippen molar-refractivity contribution in [3.05, 3.63) is 77.0 Å². The predicted octanol–water partition coefficient (Wildman–Crippen LogP) is 4.88. The zero-order valence-electron chi connectivity index (χ0n) is 16.1. The fourth-order valence-electron chi connectivity index (χ4n) is 2.61. The lowest BCUT2D eigenvalue weighted by atomic mass is 10.2. The van der Waals surface area contributed by atoms with Crippen LogP contribution in [0.5, 0.6) is 0 Å². The number of hydrogen-bond acceptors (Lipinski definition) is 5. The lowest BCUT2D eigenvalue weighted by molar-refractivity contribution is -0.113. The van der Waals surface area contributed by atoms with Crippen molar-refractivity contribution in [3.8, 4) is 0 Å². The predicted molar refractivity (Wildman–Crippen MR) is 122 cm³/mol. The van der Waals surface area contributed by atoms with Crippen LogP contribution in [0.4, 0.5) is 11.4 Å². The Balaban J connectivity index is 1.60. The number of amides is 1. The molecule has 0 spiro atoms. The van der Waals surface area contributed by atoms with Crippen molar-refractivity contribution in [1.29, 1.82) is 0 Å². The SMILES string of the molecule is C=CCn1c(CNc2ccc(C)cc2)nnc1SCC(=O)Nc1cccc(Br)c1. The lowest BCUT2D eigenvalue weighted by Crippen LogP contribution is -2.15. The monoisotopic (exact) mass is 471 g/mol. The topological polar surface area (TPSA) is 71.8 Å². The molecular formula is C21H22BrN5OS. The van der Waals surface area contributed by atoms with Crippen molar-refractivity contribution < 1.29 is 4.79 Å². The number of anilines is 2. The van der Waals surface area contributed by atoms with E-state index < -0.39 is 0 Å². The van der Waals surface area contributed by atoms with Gasteiger partial charge in [-0.2, -0.15) is 0 Å². The Morgan fingerprint density at radius 3 is 2.72 bits per heavy atom. The summed E-state index contributed by atoms with van der Waals surface area (Å²) in [7, 11) is 0.